The zero-order valence-electron chi connectivity index (χ0n) is 19.4. The van der Waals surface area contributed by atoms with Gasteiger partial charge in [0.2, 0.25) is 0 Å². The van der Waals surface area contributed by atoms with Gasteiger partial charge in [-0.3, -0.25) is 0 Å². The molecule has 2 nitrogen and oxygen atoms in total. The summed E-state index contributed by atoms with van der Waals surface area (Å²) in [6.07, 6.45) is -0.314. The Balaban J connectivity index is 5.03. The largest absolute Gasteiger partial charge is 0.573 e. The molecule has 0 spiro atoms. The van der Waals surface area contributed by atoms with Gasteiger partial charge < -0.3 is 9.47 Å². The van der Waals surface area contributed by atoms with Gasteiger partial charge in [-0.2, -0.15) is 8.78 Å². The highest BCUT2D eigenvalue weighted by molar-refractivity contribution is 5.46. The summed E-state index contributed by atoms with van der Waals surface area (Å²) < 4.78 is 85.7. The quantitative estimate of drug-likeness (QED) is 0.130. The minimum Gasteiger partial charge on any atom is -0.429 e. The molecule has 1 atom stereocenters. The molecule has 0 rings (SSSR count). The maximum Gasteiger partial charge on any atom is 0.573 e. The van der Waals surface area contributed by atoms with Crippen LogP contribution in [0.25, 0.3) is 0 Å². The van der Waals surface area contributed by atoms with Crippen LogP contribution in [0.15, 0.2) is 109 Å². The molecule has 1 unspecified atom stereocenters. The Kier molecular flexibility index (Phi) is 12.3. The van der Waals surface area contributed by atoms with E-state index in [9.17, 15) is 26.3 Å². The van der Waals surface area contributed by atoms with Crippen molar-refractivity contribution < 1.29 is 35.8 Å². The lowest BCUT2D eigenvalue weighted by Crippen LogP contribution is -2.21. The summed E-state index contributed by atoms with van der Waals surface area (Å²) in [4.78, 5) is 0. The average Bonchev–Trinajstić information content (AvgIpc) is 2.71. The van der Waals surface area contributed by atoms with Crippen LogP contribution in [0.3, 0.4) is 0 Å². The van der Waals surface area contributed by atoms with E-state index in [-0.39, 0.29) is 12.0 Å². The van der Waals surface area contributed by atoms with E-state index in [4.69, 9.17) is 0 Å². The van der Waals surface area contributed by atoms with Crippen LogP contribution in [0.5, 0.6) is 0 Å². The number of allylic oxidation sites excluding steroid dienone is 8. The first-order valence-corrected chi connectivity index (χ1v) is 10.2. The van der Waals surface area contributed by atoms with E-state index in [2.05, 4.69) is 62.8 Å². The highest BCUT2D eigenvalue weighted by Gasteiger charge is 2.35. The highest BCUT2D eigenvalue weighted by atomic mass is 19.4. The maximum atomic E-state index is 14.2. The molecule has 0 aromatic heterocycles. The third-order valence-corrected chi connectivity index (χ3v) is 4.45. The molecular formula is C26H30F6O2. The van der Waals surface area contributed by atoms with E-state index >= 15 is 0 Å². The van der Waals surface area contributed by atoms with Gasteiger partial charge in [-0.1, -0.05) is 90.0 Å². The molecule has 0 aliphatic carbocycles. The van der Waals surface area contributed by atoms with E-state index in [1.165, 1.54) is 6.08 Å². The van der Waals surface area contributed by atoms with Crippen molar-refractivity contribution in [2.75, 3.05) is 0 Å². The number of hydrogen-bond donors (Lipinski definition) is 0. The van der Waals surface area contributed by atoms with Crippen molar-refractivity contribution in [3.8, 4) is 0 Å². The second-order valence-electron chi connectivity index (χ2n) is 7.41. The number of rotatable bonds is 15. The molecule has 188 valence electrons. The minimum absolute atomic E-state index is 0.179. The standard InChI is InChI=1S/C26H30F6O2/c1-9-10-11-17(2)18(3)12-13-19(4)20(5)14-15-21(6)25(28,29)33-22(7)16-24(27)23(8)34-26(30,31)32/h12-17H,3-11H2,1-2H3/b13-12-,15-14-,24-16+. The fourth-order valence-electron chi connectivity index (χ4n) is 2.25. The molecule has 8 heteroatoms. The van der Waals surface area contributed by atoms with Crippen molar-refractivity contribution in [2.24, 2.45) is 5.92 Å². The predicted octanol–water partition coefficient (Wildman–Crippen LogP) is 9.18. The van der Waals surface area contributed by atoms with E-state index in [1.54, 1.807) is 12.2 Å². The second kappa shape index (κ2) is 13.5. The van der Waals surface area contributed by atoms with Gasteiger partial charge in [0.15, 0.2) is 11.6 Å². The summed E-state index contributed by atoms with van der Waals surface area (Å²) in [7, 11) is 0. The molecule has 0 aromatic rings. The molecule has 34 heavy (non-hydrogen) atoms. The van der Waals surface area contributed by atoms with Crippen molar-refractivity contribution in [2.45, 2.75) is 45.6 Å². The first-order valence-electron chi connectivity index (χ1n) is 10.2. The summed E-state index contributed by atoms with van der Waals surface area (Å²) in [5, 5.41) is 0. The fraction of sp³-hybridized carbons (Fsp3) is 0.308. The van der Waals surface area contributed by atoms with Crippen LogP contribution in [0.4, 0.5) is 26.3 Å². The molecule has 0 saturated carbocycles. The van der Waals surface area contributed by atoms with Crippen molar-refractivity contribution in [1.29, 1.82) is 0 Å². The van der Waals surface area contributed by atoms with Gasteiger partial charge in [-0.05, 0) is 29.6 Å². The second-order valence-corrected chi connectivity index (χ2v) is 7.41. The summed E-state index contributed by atoms with van der Waals surface area (Å²) in [5.74, 6) is -3.83. The monoisotopic (exact) mass is 488 g/mol. The van der Waals surface area contributed by atoms with E-state index in [1.807, 2.05) is 0 Å². The van der Waals surface area contributed by atoms with Crippen molar-refractivity contribution in [1.82, 2.24) is 0 Å². The van der Waals surface area contributed by atoms with Crippen LogP contribution in [0.2, 0.25) is 0 Å². The molecule has 0 aliphatic rings. The van der Waals surface area contributed by atoms with Crippen LogP contribution in [-0.2, 0) is 9.47 Å². The van der Waals surface area contributed by atoms with E-state index in [0.717, 1.165) is 30.9 Å². The Hall–Kier alpha value is -3.16. The summed E-state index contributed by atoms with van der Waals surface area (Å²) in [6, 6.07) is 0. The zero-order chi connectivity index (χ0) is 26.7. The van der Waals surface area contributed by atoms with Crippen LogP contribution >= 0.6 is 0 Å². The van der Waals surface area contributed by atoms with Crippen LogP contribution in [0, 0.1) is 5.92 Å². The molecule has 0 aliphatic heterocycles. The predicted molar refractivity (Wildman–Crippen MR) is 124 cm³/mol. The Morgan fingerprint density at radius 1 is 0.853 bits per heavy atom. The molecule has 0 heterocycles. The van der Waals surface area contributed by atoms with Gasteiger partial charge in [0, 0.05) is 6.08 Å². The molecule has 0 amide bonds. The molecule has 0 aromatic carbocycles. The lowest BCUT2D eigenvalue weighted by molar-refractivity contribution is -0.304. The molecule has 0 N–H and O–H groups in total. The lowest BCUT2D eigenvalue weighted by Gasteiger charge is -2.18. The van der Waals surface area contributed by atoms with E-state index < -0.39 is 35.4 Å². The first kappa shape index (κ1) is 30.8. The SMILES string of the molecule is C=C(/C=C(/F)C(=C)OC(F)(F)F)OC(F)(F)C(=C)/C=C\C(=C)C(=C)/C=C\C(=C)C(C)CCCC. The Morgan fingerprint density at radius 3 is 1.88 bits per heavy atom. The molecule has 0 bridgehead atoms. The average molecular weight is 489 g/mol. The number of unbranched alkanes of at least 4 members (excludes halogenated alkanes) is 1. The van der Waals surface area contributed by atoms with Crippen molar-refractivity contribution in [3.63, 3.8) is 0 Å². The first-order chi connectivity index (χ1) is 15.5. The Bertz CT molecular complexity index is 901. The molecule has 0 radical (unpaired) electrons. The normalized spacial score (nSPS) is 13.6. The summed E-state index contributed by atoms with van der Waals surface area (Å²) in [5.41, 5.74) is 0.823. The third kappa shape index (κ3) is 12.2. The van der Waals surface area contributed by atoms with E-state index in [0.29, 0.717) is 11.1 Å². The summed E-state index contributed by atoms with van der Waals surface area (Å²) in [6.45, 7) is 24.7. The fourth-order valence-corrected chi connectivity index (χ4v) is 2.25. The maximum absolute atomic E-state index is 14.2. The van der Waals surface area contributed by atoms with Crippen molar-refractivity contribution in [3.05, 3.63) is 109 Å². The van der Waals surface area contributed by atoms with Gasteiger partial charge in [0.05, 0.1) is 5.57 Å². The number of alkyl halides is 5. The smallest absolute Gasteiger partial charge is 0.429 e. The van der Waals surface area contributed by atoms with Crippen LogP contribution in [0.1, 0.15) is 33.1 Å². The molecule has 0 fully saturated rings. The van der Waals surface area contributed by atoms with Gasteiger partial charge in [0.1, 0.15) is 5.76 Å². The molecular weight excluding hydrogens is 458 g/mol. The minimum atomic E-state index is -5.20. The van der Waals surface area contributed by atoms with Gasteiger partial charge >= 0.3 is 12.5 Å². The third-order valence-electron chi connectivity index (χ3n) is 4.45. The molecule has 0 saturated heterocycles. The topological polar surface area (TPSA) is 18.5 Å². The Morgan fingerprint density at radius 2 is 1.38 bits per heavy atom. The van der Waals surface area contributed by atoms with Crippen molar-refractivity contribution >= 4 is 0 Å². The van der Waals surface area contributed by atoms with Crippen LogP contribution < -0.4 is 0 Å². The lowest BCUT2D eigenvalue weighted by atomic mass is 9.95. The summed E-state index contributed by atoms with van der Waals surface area (Å²) >= 11 is 0. The van der Waals surface area contributed by atoms with Crippen LogP contribution in [-0.4, -0.2) is 12.5 Å². The van der Waals surface area contributed by atoms with Gasteiger partial charge in [-0.25, -0.2) is 4.39 Å². The number of hydrogen-bond acceptors (Lipinski definition) is 2. The number of ether oxygens (including phenoxy) is 2. The number of halogens is 6. The Labute approximate surface area is 197 Å². The zero-order valence-corrected chi connectivity index (χ0v) is 19.4. The van der Waals surface area contributed by atoms with Gasteiger partial charge in [-0.15, -0.1) is 13.2 Å². The highest BCUT2D eigenvalue weighted by Crippen LogP contribution is 2.30. The van der Waals surface area contributed by atoms with Gasteiger partial charge in [0.25, 0.3) is 0 Å².